The zero-order valence-corrected chi connectivity index (χ0v) is 24.1. The van der Waals surface area contributed by atoms with Crippen LogP contribution in [0.15, 0.2) is 76.6 Å². The van der Waals surface area contributed by atoms with Crippen LogP contribution in [0.3, 0.4) is 0 Å². The van der Waals surface area contributed by atoms with Gasteiger partial charge in [-0.25, -0.2) is 9.29 Å². The third-order valence-corrected chi connectivity index (χ3v) is 9.58. The highest BCUT2D eigenvalue weighted by molar-refractivity contribution is 8.00. The van der Waals surface area contributed by atoms with E-state index in [1.54, 1.807) is 49.6 Å². The summed E-state index contributed by atoms with van der Waals surface area (Å²) >= 11 is 8.45. The molecule has 2 aliphatic heterocycles. The van der Waals surface area contributed by atoms with Crippen LogP contribution in [-0.4, -0.2) is 41.7 Å². The molecule has 3 aromatic carbocycles. The normalized spacial score (nSPS) is 19.3. The van der Waals surface area contributed by atoms with Crippen LogP contribution < -0.4 is 24.6 Å². The quantitative estimate of drug-likeness (QED) is 0.276. The first kappa shape index (κ1) is 28.0. The summed E-state index contributed by atoms with van der Waals surface area (Å²) in [4.78, 5) is 56.7. The Balaban J connectivity index is 1.34. The number of H-pyrrole nitrogens is 1. The van der Waals surface area contributed by atoms with Crippen LogP contribution in [0.2, 0.25) is 5.02 Å². The lowest BCUT2D eigenvalue weighted by atomic mass is 9.82. The van der Waals surface area contributed by atoms with E-state index in [4.69, 9.17) is 21.1 Å². The smallest absolute Gasteiger partial charge is 0.305 e. The first-order chi connectivity index (χ1) is 20.2. The minimum absolute atomic E-state index is 0.245. The number of nitrogens with one attached hydrogen (secondary N) is 2. The van der Waals surface area contributed by atoms with Gasteiger partial charge in [-0.3, -0.25) is 19.2 Å². The van der Waals surface area contributed by atoms with E-state index in [0.717, 1.165) is 28.0 Å². The van der Waals surface area contributed by atoms with E-state index in [0.29, 0.717) is 31.9 Å². The molecule has 0 bridgehead atoms. The predicted octanol–water partition coefficient (Wildman–Crippen LogP) is 5.05. The minimum atomic E-state index is -0.916. The third-order valence-electron chi connectivity index (χ3n) is 6.95. The molecule has 6 rings (SSSR count). The van der Waals surface area contributed by atoms with Crippen molar-refractivity contribution < 1.29 is 28.2 Å². The number of aromatic amines is 1. The summed E-state index contributed by atoms with van der Waals surface area (Å²) in [7, 11) is 1.54. The fourth-order valence-corrected chi connectivity index (χ4v) is 7.79. The first-order valence-electron chi connectivity index (χ1n) is 12.6. The number of imide groups is 1. The van der Waals surface area contributed by atoms with Crippen molar-refractivity contribution in [3.05, 3.63) is 97.7 Å². The molecule has 13 heteroatoms. The van der Waals surface area contributed by atoms with E-state index in [1.165, 1.54) is 24.3 Å². The molecule has 214 valence electrons. The van der Waals surface area contributed by atoms with E-state index in [9.17, 15) is 23.6 Å². The van der Waals surface area contributed by atoms with Gasteiger partial charge in [0, 0.05) is 27.1 Å². The van der Waals surface area contributed by atoms with Crippen LogP contribution in [0.5, 0.6) is 11.5 Å². The monoisotopic (exact) mass is 625 g/mol. The van der Waals surface area contributed by atoms with Gasteiger partial charge in [0.2, 0.25) is 11.8 Å². The Labute approximate surface area is 251 Å². The van der Waals surface area contributed by atoms with Crippen molar-refractivity contribution >= 4 is 63.8 Å². The highest BCUT2D eigenvalue weighted by Crippen LogP contribution is 2.54. The van der Waals surface area contributed by atoms with E-state index < -0.39 is 40.6 Å². The maximum atomic E-state index is 13.9. The molecular weight excluding hydrogens is 605 g/mol. The average molecular weight is 626 g/mol. The molecule has 0 aliphatic carbocycles. The summed E-state index contributed by atoms with van der Waals surface area (Å²) in [5.74, 6) is -2.69. The fraction of sp³-hybridized carbons (Fsp3) is 0.172. The molecule has 1 fully saturated rings. The van der Waals surface area contributed by atoms with Crippen molar-refractivity contribution in [2.45, 2.75) is 16.2 Å². The lowest BCUT2D eigenvalue weighted by Crippen LogP contribution is -2.32. The standard InChI is InChI=1S/C29H21ClFN3O6S2/c1-39-18-9-5-16(6-10-18)32-21(35)13-40-20-11-2-14(30)12-19(20)22-23-25(41-26-24(22)42-29(38)33-26)28(37)34(27(23)36)17-7-3-15(31)4-8-17/h2-12,22-23,25H,13H2,1H3,(H,32,35)(H,33,38)/t22-,23?,25?/m1/s1. The van der Waals surface area contributed by atoms with Crippen LogP contribution in [0.1, 0.15) is 16.4 Å². The largest absolute Gasteiger partial charge is 0.497 e. The molecule has 3 atom stereocenters. The lowest BCUT2D eigenvalue weighted by Gasteiger charge is -2.31. The maximum Gasteiger partial charge on any atom is 0.305 e. The number of carbonyl (C=O) groups excluding carboxylic acids is 3. The number of ether oxygens (including phenoxy) is 2. The number of fused-ring (bicyclic) bond motifs is 2. The number of thioether (sulfide) groups is 1. The van der Waals surface area contributed by atoms with Gasteiger partial charge in [0.25, 0.3) is 5.91 Å². The molecule has 42 heavy (non-hydrogen) atoms. The van der Waals surface area contributed by atoms with Gasteiger partial charge in [-0.2, -0.15) is 0 Å². The van der Waals surface area contributed by atoms with Gasteiger partial charge in [0.05, 0.1) is 23.7 Å². The molecule has 0 radical (unpaired) electrons. The number of anilines is 2. The summed E-state index contributed by atoms with van der Waals surface area (Å²) in [6.07, 6.45) is 0. The van der Waals surface area contributed by atoms with Crippen molar-refractivity contribution in [1.82, 2.24) is 4.98 Å². The number of methoxy groups -OCH3 is 1. The van der Waals surface area contributed by atoms with Gasteiger partial charge in [-0.1, -0.05) is 34.7 Å². The second-order valence-corrected chi connectivity index (χ2v) is 12.1. The second kappa shape index (κ2) is 11.3. The molecule has 0 spiro atoms. The molecule has 9 nitrogen and oxygen atoms in total. The molecule has 2 aliphatic rings. The van der Waals surface area contributed by atoms with Crippen molar-refractivity contribution in [1.29, 1.82) is 0 Å². The van der Waals surface area contributed by atoms with Crippen LogP contribution in [-0.2, 0) is 14.4 Å². The van der Waals surface area contributed by atoms with Gasteiger partial charge >= 0.3 is 4.87 Å². The number of nitrogens with zero attached hydrogens (tertiary/aromatic N) is 1. The summed E-state index contributed by atoms with van der Waals surface area (Å²) in [6, 6.07) is 16.7. The number of rotatable bonds is 7. The number of carbonyl (C=O) groups is 3. The Morgan fingerprint density at radius 1 is 1.05 bits per heavy atom. The maximum absolute atomic E-state index is 13.9. The van der Waals surface area contributed by atoms with Gasteiger partial charge in [-0.05, 0) is 66.7 Å². The fourth-order valence-electron chi connectivity index (χ4n) is 5.11. The predicted molar refractivity (Wildman–Crippen MR) is 157 cm³/mol. The molecule has 3 amide bonds. The van der Waals surface area contributed by atoms with Gasteiger partial charge < -0.3 is 19.8 Å². The number of hydrogen-bond acceptors (Lipinski definition) is 8. The Bertz CT molecular complexity index is 1760. The lowest BCUT2D eigenvalue weighted by molar-refractivity contribution is -0.122. The second-order valence-electron chi connectivity index (χ2n) is 9.49. The number of aromatic nitrogens is 1. The molecule has 1 aromatic heterocycles. The summed E-state index contributed by atoms with van der Waals surface area (Å²) < 4.78 is 24.7. The van der Waals surface area contributed by atoms with Crippen molar-refractivity contribution in [2.24, 2.45) is 5.92 Å². The molecule has 4 aromatic rings. The zero-order chi connectivity index (χ0) is 29.5. The third kappa shape index (κ3) is 5.17. The SMILES string of the molecule is COc1ccc(NC(=O)COc2ccc(Cl)cc2[C@H]2c3sc(=O)[nH]c3SC3C(=O)N(c4ccc(F)cc4)C(=O)C32)cc1. The highest BCUT2D eigenvalue weighted by Gasteiger charge is 2.56. The topological polar surface area (TPSA) is 118 Å². The Kier molecular flexibility index (Phi) is 7.52. The van der Waals surface area contributed by atoms with Crippen molar-refractivity contribution in [3.63, 3.8) is 0 Å². The Morgan fingerprint density at radius 2 is 1.79 bits per heavy atom. The molecule has 1 saturated heterocycles. The molecule has 3 heterocycles. The molecular formula is C29H21ClFN3O6S2. The number of benzene rings is 3. The van der Waals surface area contributed by atoms with Gasteiger partial charge in [0.15, 0.2) is 6.61 Å². The van der Waals surface area contributed by atoms with Crippen molar-refractivity contribution in [3.8, 4) is 11.5 Å². The Morgan fingerprint density at radius 3 is 2.50 bits per heavy atom. The van der Waals surface area contributed by atoms with Crippen molar-refractivity contribution in [2.75, 3.05) is 23.9 Å². The zero-order valence-electron chi connectivity index (χ0n) is 21.8. The average Bonchev–Trinajstić information content (AvgIpc) is 3.47. The number of halogens is 2. The van der Waals surface area contributed by atoms with Gasteiger partial charge in [0.1, 0.15) is 22.6 Å². The summed E-state index contributed by atoms with van der Waals surface area (Å²) in [5, 5.41) is 2.69. The number of amides is 3. The van der Waals surface area contributed by atoms with Gasteiger partial charge in [-0.15, -0.1) is 0 Å². The first-order valence-corrected chi connectivity index (χ1v) is 14.7. The summed E-state index contributed by atoms with van der Waals surface area (Å²) in [5.41, 5.74) is 1.24. The van der Waals surface area contributed by atoms with Crippen LogP contribution in [0.25, 0.3) is 0 Å². The number of thiazole rings is 1. The Hall–Kier alpha value is -4.13. The van der Waals surface area contributed by atoms with Crippen LogP contribution in [0.4, 0.5) is 15.8 Å². The highest BCUT2D eigenvalue weighted by atomic mass is 35.5. The number of hydrogen-bond donors (Lipinski definition) is 2. The molecule has 2 unspecified atom stereocenters. The van der Waals surface area contributed by atoms with Crippen LogP contribution in [0, 0.1) is 11.7 Å². The van der Waals surface area contributed by atoms with E-state index >= 15 is 0 Å². The van der Waals surface area contributed by atoms with E-state index in [2.05, 4.69) is 10.3 Å². The van der Waals surface area contributed by atoms with E-state index in [1.807, 2.05) is 0 Å². The molecule has 0 saturated carbocycles. The minimum Gasteiger partial charge on any atom is -0.497 e. The van der Waals surface area contributed by atoms with E-state index in [-0.39, 0.29) is 22.9 Å². The summed E-state index contributed by atoms with van der Waals surface area (Å²) in [6.45, 7) is -0.360. The van der Waals surface area contributed by atoms with Crippen LogP contribution >= 0.6 is 34.7 Å². The molecule has 2 N–H and O–H groups in total.